The molecule has 3 aromatic rings. The van der Waals surface area contributed by atoms with Crippen molar-refractivity contribution in [1.29, 1.82) is 0 Å². The largest absolute Gasteiger partial charge is 0.490 e. The Morgan fingerprint density at radius 3 is 2.95 bits per heavy atom. The summed E-state index contributed by atoms with van der Waals surface area (Å²) in [4.78, 5) is 0. The molecule has 0 N–H and O–H groups in total. The predicted molar refractivity (Wildman–Crippen MR) is 75.9 cm³/mol. The van der Waals surface area contributed by atoms with Gasteiger partial charge in [0.05, 0.1) is 18.6 Å². The van der Waals surface area contributed by atoms with Gasteiger partial charge in [-0.05, 0) is 19.1 Å². The molecule has 1 aliphatic heterocycles. The molecule has 1 unspecified atom stereocenters. The van der Waals surface area contributed by atoms with E-state index in [1.165, 1.54) is 0 Å². The number of epoxide rings is 1. The SMILES string of the molecule is CCOc1nnc(-c2cc3c(OCC4CO4)cccc3o2)o1. The second-order valence-corrected chi connectivity index (χ2v) is 4.85. The van der Waals surface area contributed by atoms with Gasteiger partial charge < -0.3 is 23.0 Å². The Hall–Kier alpha value is -2.54. The number of benzene rings is 1. The van der Waals surface area contributed by atoms with Gasteiger partial charge in [-0.15, -0.1) is 5.10 Å². The lowest BCUT2D eigenvalue weighted by atomic mass is 10.2. The van der Waals surface area contributed by atoms with Gasteiger partial charge in [0, 0.05) is 6.07 Å². The number of ether oxygens (including phenoxy) is 3. The van der Waals surface area contributed by atoms with Crippen LogP contribution in [0.25, 0.3) is 22.6 Å². The lowest BCUT2D eigenvalue weighted by Crippen LogP contribution is -2.03. The summed E-state index contributed by atoms with van der Waals surface area (Å²) in [6.45, 7) is 3.60. The van der Waals surface area contributed by atoms with Gasteiger partial charge in [-0.3, -0.25) is 0 Å². The molecule has 0 radical (unpaired) electrons. The number of nitrogens with zero attached hydrogens (tertiary/aromatic N) is 2. The maximum atomic E-state index is 5.76. The topological polar surface area (TPSA) is 83.1 Å². The number of rotatable bonds is 6. The molecule has 2 aromatic heterocycles. The van der Waals surface area contributed by atoms with Crippen molar-refractivity contribution in [3.63, 3.8) is 0 Å². The number of hydrogen-bond acceptors (Lipinski definition) is 7. The average Bonchev–Trinajstić information content (AvgIpc) is 3.06. The second kappa shape index (κ2) is 5.34. The minimum Gasteiger partial charge on any atom is -0.490 e. The fourth-order valence-electron chi connectivity index (χ4n) is 2.10. The van der Waals surface area contributed by atoms with Crippen LogP contribution in [-0.4, -0.2) is 36.1 Å². The standard InChI is InChI=1S/C15H14N2O5/c1-2-18-15-17-16-14(22-15)13-6-10-11(20-8-9-7-19-9)4-3-5-12(10)21-13/h3-6,9H,2,7-8H2,1H3. The summed E-state index contributed by atoms with van der Waals surface area (Å²) < 4.78 is 27.2. The molecule has 1 aliphatic rings. The fourth-order valence-corrected chi connectivity index (χ4v) is 2.10. The van der Waals surface area contributed by atoms with Crippen molar-refractivity contribution in [1.82, 2.24) is 10.2 Å². The molecule has 1 saturated heterocycles. The normalized spacial score (nSPS) is 16.9. The van der Waals surface area contributed by atoms with Crippen LogP contribution in [0, 0.1) is 0 Å². The molecule has 1 fully saturated rings. The van der Waals surface area contributed by atoms with E-state index in [4.69, 9.17) is 23.0 Å². The van der Waals surface area contributed by atoms with Crippen LogP contribution in [0.1, 0.15) is 6.92 Å². The van der Waals surface area contributed by atoms with E-state index >= 15 is 0 Å². The Morgan fingerprint density at radius 1 is 1.23 bits per heavy atom. The zero-order valence-electron chi connectivity index (χ0n) is 11.9. The van der Waals surface area contributed by atoms with Crippen molar-refractivity contribution in [2.24, 2.45) is 0 Å². The van der Waals surface area contributed by atoms with E-state index in [0.29, 0.717) is 24.6 Å². The Labute approximate surface area is 125 Å². The summed E-state index contributed by atoms with van der Waals surface area (Å²) in [5.74, 6) is 1.50. The maximum absolute atomic E-state index is 5.76. The first-order chi connectivity index (χ1) is 10.8. The van der Waals surface area contributed by atoms with Crippen molar-refractivity contribution < 1.29 is 23.0 Å². The van der Waals surface area contributed by atoms with E-state index in [0.717, 1.165) is 17.7 Å². The highest BCUT2D eigenvalue weighted by molar-refractivity contribution is 5.87. The van der Waals surface area contributed by atoms with Gasteiger partial charge in [-0.2, -0.15) is 0 Å². The predicted octanol–water partition coefficient (Wildman–Crippen LogP) is 2.66. The third-order valence-corrected chi connectivity index (χ3v) is 3.23. The number of aromatic nitrogens is 2. The van der Waals surface area contributed by atoms with Crippen LogP contribution in [0.15, 0.2) is 33.1 Å². The summed E-state index contributed by atoms with van der Waals surface area (Å²) in [6.07, 6.45) is 0.326. The maximum Gasteiger partial charge on any atom is 0.415 e. The van der Waals surface area contributed by atoms with E-state index in [-0.39, 0.29) is 18.1 Å². The lowest BCUT2D eigenvalue weighted by Gasteiger charge is -2.04. The lowest BCUT2D eigenvalue weighted by molar-refractivity contribution is 0.246. The molecule has 1 aromatic carbocycles. The zero-order chi connectivity index (χ0) is 14.9. The molecule has 7 heteroatoms. The summed E-state index contributed by atoms with van der Waals surface area (Å²) in [6, 6.07) is 7.45. The molecule has 0 aliphatic carbocycles. The van der Waals surface area contributed by atoms with Gasteiger partial charge in [-0.25, -0.2) is 0 Å². The summed E-state index contributed by atoms with van der Waals surface area (Å²) in [5.41, 5.74) is 0.695. The summed E-state index contributed by atoms with van der Waals surface area (Å²) in [5, 5.41) is 8.57. The summed E-state index contributed by atoms with van der Waals surface area (Å²) in [7, 11) is 0. The highest BCUT2D eigenvalue weighted by atomic mass is 16.6. The molecule has 7 nitrogen and oxygen atoms in total. The number of furan rings is 1. The van der Waals surface area contributed by atoms with Gasteiger partial charge in [-0.1, -0.05) is 11.2 Å². The van der Waals surface area contributed by atoms with E-state index in [1.54, 1.807) is 0 Å². The van der Waals surface area contributed by atoms with Gasteiger partial charge in [0.1, 0.15) is 24.0 Å². The zero-order valence-corrected chi connectivity index (χ0v) is 11.9. The van der Waals surface area contributed by atoms with Crippen molar-refractivity contribution in [2.45, 2.75) is 13.0 Å². The van der Waals surface area contributed by atoms with E-state index in [2.05, 4.69) is 10.2 Å². The van der Waals surface area contributed by atoms with E-state index in [1.807, 2.05) is 31.2 Å². The minimum atomic E-state index is 0.125. The molecule has 22 heavy (non-hydrogen) atoms. The first-order valence-electron chi connectivity index (χ1n) is 7.07. The molecule has 0 amide bonds. The van der Waals surface area contributed by atoms with Crippen LogP contribution in [-0.2, 0) is 4.74 Å². The van der Waals surface area contributed by atoms with Gasteiger partial charge >= 0.3 is 6.08 Å². The molecule has 0 spiro atoms. The van der Waals surface area contributed by atoms with Gasteiger partial charge in [0.15, 0.2) is 5.76 Å². The third-order valence-electron chi connectivity index (χ3n) is 3.23. The highest BCUT2D eigenvalue weighted by Crippen LogP contribution is 2.33. The number of hydrogen-bond donors (Lipinski definition) is 0. The van der Waals surface area contributed by atoms with Crippen molar-refractivity contribution in [3.05, 3.63) is 24.3 Å². The minimum absolute atomic E-state index is 0.125. The van der Waals surface area contributed by atoms with Crippen LogP contribution in [0.5, 0.6) is 11.8 Å². The molecule has 4 rings (SSSR count). The van der Waals surface area contributed by atoms with Gasteiger partial charge in [0.2, 0.25) is 0 Å². The van der Waals surface area contributed by atoms with Crippen LogP contribution in [0.4, 0.5) is 0 Å². The monoisotopic (exact) mass is 302 g/mol. The van der Waals surface area contributed by atoms with E-state index in [9.17, 15) is 0 Å². The Kier molecular flexibility index (Phi) is 3.19. The highest BCUT2D eigenvalue weighted by Gasteiger charge is 2.24. The van der Waals surface area contributed by atoms with Crippen molar-refractivity contribution in [2.75, 3.05) is 19.8 Å². The molecule has 3 heterocycles. The molecular formula is C15H14N2O5. The molecular weight excluding hydrogens is 288 g/mol. The average molecular weight is 302 g/mol. The quantitative estimate of drug-likeness (QED) is 0.647. The molecule has 1 atom stereocenters. The van der Waals surface area contributed by atoms with Crippen LogP contribution < -0.4 is 9.47 Å². The number of fused-ring (bicyclic) bond motifs is 1. The van der Waals surface area contributed by atoms with E-state index < -0.39 is 0 Å². The van der Waals surface area contributed by atoms with Crippen LogP contribution >= 0.6 is 0 Å². The Bertz CT molecular complexity index is 790. The first-order valence-corrected chi connectivity index (χ1v) is 7.07. The second-order valence-electron chi connectivity index (χ2n) is 4.85. The van der Waals surface area contributed by atoms with Crippen molar-refractivity contribution in [3.8, 4) is 23.5 Å². The molecule has 0 bridgehead atoms. The van der Waals surface area contributed by atoms with Crippen LogP contribution in [0.3, 0.4) is 0 Å². The molecule has 114 valence electrons. The third kappa shape index (κ3) is 2.50. The fraction of sp³-hybridized carbons (Fsp3) is 0.333. The summed E-state index contributed by atoms with van der Waals surface area (Å²) >= 11 is 0. The Balaban J connectivity index is 1.64. The first kappa shape index (κ1) is 13.1. The Morgan fingerprint density at radius 2 is 2.14 bits per heavy atom. The smallest absolute Gasteiger partial charge is 0.415 e. The van der Waals surface area contributed by atoms with Crippen LogP contribution in [0.2, 0.25) is 0 Å². The van der Waals surface area contributed by atoms with Crippen molar-refractivity contribution >= 4 is 11.0 Å². The van der Waals surface area contributed by atoms with Gasteiger partial charge in [0.25, 0.3) is 5.89 Å². The molecule has 0 saturated carbocycles.